The Hall–Kier alpha value is -1.58. The topological polar surface area (TPSA) is 63.6 Å². The standard InChI is InChI=1S/C18H28O4/c1-7-9-10(3)22-18(21)16-12(5)11(4)14(8-2)13(6)15(16)17(19)20/h10,12-13H,7-9H2,1-6H3,(H,19,20). The summed E-state index contributed by atoms with van der Waals surface area (Å²) in [6.45, 7) is 11.6. The molecule has 3 atom stereocenters. The van der Waals surface area contributed by atoms with Crippen molar-refractivity contribution in [1.82, 2.24) is 0 Å². The van der Waals surface area contributed by atoms with E-state index in [9.17, 15) is 14.7 Å². The Morgan fingerprint density at radius 3 is 2.23 bits per heavy atom. The number of allylic oxidation sites excluding steroid dienone is 2. The number of rotatable bonds is 6. The Labute approximate surface area is 133 Å². The van der Waals surface area contributed by atoms with Gasteiger partial charge in [-0.1, -0.05) is 45.3 Å². The van der Waals surface area contributed by atoms with Crippen molar-refractivity contribution in [3.05, 3.63) is 22.3 Å². The molecule has 0 heterocycles. The van der Waals surface area contributed by atoms with E-state index >= 15 is 0 Å². The highest BCUT2D eigenvalue weighted by Crippen LogP contribution is 2.40. The Balaban J connectivity index is 3.24. The molecular weight excluding hydrogens is 280 g/mol. The summed E-state index contributed by atoms with van der Waals surface area (Å²) in [5, 5.41) is 9.59. The zero-order valence-electron chi connectivity index (χ0n) is 14.5. The Bertz CT molecular complexity index is 513. The van der Waals surface area contributed by atoms with Gasteiger partial charge in [0, 0.05) is 11.8 Å². The number of carbonyl (C=O) groups excluding carboxylic acids is 1. The van der Waals surface area contributed by atoms with Crippen LogP contribution >= 0.6 is 0 Å². The van der Waals surface area contributed by atoms with Crippen molar-refractivity contribution >= 4 is 11.9 Å². The average molecular weight is 308 g/mol. The summed E-state index contributed by atoms with van der Waals surface area (Å²) in [7, 11) is 0. The fourth-order valence-electron chi connectivity index (χ4n) is 3.36. The number of carboxylic acid groups (broad SMARTS) is 1. The predicted octanol–water partition coefficient (Wildman–Crippen LogP) is 4.11. The molecule has 0 amide bonds. The van der Waals surface area contributed by atoms with Crippen LogP contribution in [0.5, 0.6) is 0 Å². The van der Waals surface area contributed by atoms with Crippen LogP contribution in [0.1, 0.15) is 60.8 Å². The maximum atomic E-state index is 12.5. The molecule has 0 bridgehead atoms. The molecule has 0 saturated heterocycles. The molecule has 1 N–H and O–H groups in total. The zero-order chi connectivity index (χ0) is 17.0. The predicted molar refractivity (Wildman–Crippen MR) is 86.4 cm³/mol. The third-order valence-electron chi connectivity index (χ3n) is 4.67. The fourth-order valence-corrected chi connectivity index (χ4v) is 3.36. The molecule has 22 heavy (non-hydrogen) atoms. The molecule has 1 rings (SSSR count). The van der Waals surface area contributed by atoms with Crippen LogP contribution in [0.15, 0.2) is 22.3 Å². The summed E-state index contributed by atoms with van der Waals surface area (Å²) in [5.41, 5.74) is 2.72. The molecule has 0 fully saturated rings. The summed E-state index contributed by atoms with van der Waals surface area (Å²) < 4.78 is 5.46. The van der Waals surface area contributed by atoms with E-state index in [1.807, 2.05) is 41.5 Å². The lowest BCUT2D eigenvalue weighted by Gasteiger charge is -2.32. The van der Waals surface area contributed by atoms with Crippen LogP contribution in [0.3, 0.4) is 0 Å². The average Bonchev–Trinajstić information content (AvgIpc) is 2.42. The van der Waals surface area contributed by atoms with Crippen molar-refractivity contribution in [3.8, 4) is 0 Å². The van der Waals surface area contributed by atoms with Gasteiger partial charge in [-0.25, -0.2) is 9.59 Å². The molecule has 0 aliphatic heterocycles. The van der Waals surface area contributed by atoms with Crippen molar-refractivity contribution in [3.63, 3.8) is 0 Å². The highest BCUT2D eigenvalue weighted by molar-refractivity contribution is 6.01. The van der Waals surface area contributed by atoms with E-state index in [2.05, 4.69) is 0 Å². The molecule has 0 aromatic heterocycles. The minimum absolute atomic E-state index is 0.195. The second kappa shape index (κ2) is 7.61. The highest BCUT2D eigenvalue weighted by atomic mass is 16.5. The second-order valence-electron chi connectivity index (χ2n) is 6.14. The number of hydrogen-bond acceptors (Lipinski definition) is 3. The summed E-state index contributed by atoms with van der Waals surface area (Å²) in [6, 6.07) is 0. The lowest BCUT2D eigenvalue weighted by atomic mass is 9.73. The molecule has 3 unspecified atom stereocenters. The zero-order valence-corrected chi connectivity index (χ0v) is 14.5. The van der Waals surface area contributed by atoms with Gasteiger partial charge in [0.25, 0.3) is 0 Å². The number of ether oxygens (including phenoxy) is 1. The third kappa shape index (κ3) is 3.60. The van der Waals surface area contributed by atoms with Gasteiger partial charge in [0.2, 0.25) is 0 Å². The van der Waals surface area contributed by atoms with Gasteiger partial charge in [-0.2, -0.15) is 0 Å². The van der Waals surface area contributed by atoms with Crippen molar-refractivity contribution in [2.75, 3.05) is 0 Å². The first-order valence-corrected chi connectivity index (χ1v) is 8.13. The minimum Gasteiger partial charge on any atom is -0.478 e. The number of aliphatic carboxylic acids is 1. The Morgan fingerprint density at radius 1 is 1.18 bits per heavy atom. The van der Waals surface area contributed by atoms with E-state index in [-0.39, 0.29) is 23.5 Å². The lowest BCUT2D eigenvalue weighted by molar-refractivity contribution is -0.145. The molecule has 0 radical (unpaired) electrons. The summed E-state index contributed by atoms with van der Waals surface area (Å²) in [6.07, 6.45) is 2.30. The first-order valence-electron chi connectivity index (χ1n) is 8.13. The number of hydrogen-bond donors (Lipinski definition) is 1. The van der Waals surface area contributed by atoms with E-state index < -0.39 is 11.9 Å². The van der Waals surface area contributed by atoms with Gasteiger partial charge in [-0.15, -0.1) is 0 Å². The number of carbonyl (C=O) groups is 2. The van der Waals surface area contributed by atoms with Crippen LogP contribution in [0, 0.1) is 11.8 Å². The summed E-state index contributed by atoms with van der Waals surface area (Å²) in [5.74, 6) is -1.96. The van der Waals surface area contributed by atoms with Crippen LogP contribution in [-0.4, -0.2) is 23.1 Å². The van der Waals surface area contributed by atoms with Gasteiger partial charge >= 0.3 is 11.9 Å². The number of carboxylic acids is 1. The molecule has 1 aliphatic rings. The summed E-state index contributed by atoms with van der Waals surface area (Å²) in [4.78, 5) is 24.2. The first-order chi connectivity index (χ1) is 10.3. The van der Waals surface area contributed by atoms with Crippen molar-refractivity contribution in [2.45, 2.75) is 66.9 Å². The van der Waals surface area contributed by atoms with E-state index in [1.165, 1.54) is 0 Å². The third-order valence-corrected chi connectivity index (χ3v) is 4.67. The van der Waals surface area contributed by atoms with Gasteiger partial charge in [-0.05, 0) is 26.7 Å². The van der Waals surface area contributed by atoms with Crippen LogP contribution < -0.4 is 0 Å². The lowest BCUT2D eigenvalue weighted by Crippen LogP contribution is -2.30. The van der Waals surface area contributed by atoms with Gasteiger partial charge < -0.3 is 9.84 Å². The maximum Gasteiger partial charge on any atom is 0.335 e. The van der Waals surface area contributed by atoms with E-state index in [0.29, 0.717) is 5.57 Å². The molecule has 0 saturated carbocycles. The molecular formula is C18H28O4. The van der Waals surface area contributed by atoms with Gasteiger partial charge in [-0.3, -0.25) is 0 Å². The van der Waals surface area contributed by atoms with Gasteiger partial charge in [0.15, 0.2) is 0 Å². The van der Waals surface area contributed by atoms with E-state index in [4.69, 9.17) is 4.74 Å². The quantitative estimate of drug-likeness (QED) is 0.592. The van der Waals surface area contributed by atoms with Crippen molar-refractivity contribution in [1.29, 1.82) is 0 Å². The molecule has 4 heteroatoms. The van der Waals surface area contributed by atoms with Gasteiger partial charge in [0.1, 0.15) is 0 Å². The largest absolute Gasteiger partial charge is 0.478 e. The monoisotopic (exact) mass is 308 g/mol. The minimum atomic E-state index is -1.02. The fraction of sp³-hybridized carbons (Fsp3) is 0.667. The van der Waals surface area contributed by atoms with E-state index in [1.54, 1.807) is 0 Å². The highest BCUT2D eigenvalue weighted by Gasteiger charge is 2.37. The smallest absolute Gasteiger partial charge is 0.335 e. The van der Waals surface area contributed by atoms with Crippen molar-refractivity contribution in [2.24, 2.45) is 11.8 Å². The molecule has 0 spiro atoms. The molecule has 0 aromatic rings. The van der Waals surface area contributed by atoms with Gasteiger partial charge in [0.05, 0.1) is 17.3 Å². The molecule has 124 valence electrons. The van der Waals surface area contributed by atoms with E-state index in [0.717, 1.165) is 30.4 Å². The Morgan fingerprint density at radius 2 is 1.77 bits per heavy atom. The van der Waals surface area contributed by atoms with Crippen LogP contribution in [0.25, 0.3) is 0 Å². The SMILES string of the molecule is CCCC(C)OC(=O)C1=C(C(=O)O)C(C)C(CC)=C(C)C1C. The summed E-state index contributed by atoms with van der Waals surface area (Å²) >= 11 is 0. The Kier molecular flexibility index (Phi) is 6.39. The van der Waals surface area contributed by atoms with Crippen molar-refractivity contribution < 1.29 is 19.4 Å². The number of esters is 1. The molecule has 0 aromatic carbocycles. The second-order valence-corrected chi connectivity index (χ2v) is 6.14. The maximum absolute atomic E-state index is 12.5. The van der Waals surface area contributed by atoms with Crippen LogP contribution in [0.4, 0.5) is 0 Å². The van der Waals surface area contributed by atoms with Crippen LogP contribution in [-0.2, 0) is 14.3 Å². The normalized spacial score (nSPS) is 23.5. The molecule has 1 aliphatic carbocycles. The van der Waals surface area contributed by atoms with Crippen LogP contribution in [0.2, 0.25) is 0 Å². The molecule has 4 nitrogen and oxygen atoms in total. The first kappa shape index (κ1) is 18.5.